The van der Waals surface area contributed by atoms with Crippen LogP contribution in [0.2, 0.25) is 0 Å². The molecule has 3 aliphatic carbocycles. The number of carboxylic acids is 2. The number of nitrogens with one attached hydrogen (secondary N) is 4. The van der Waals surface area contributed by atoms with Gasteiger partial charge in [-0.3, -0.25) is 33.6 Å². The standard InChI is InChI=1S/C46H71BN6O11/c1-24(2)28-15-12-27(13-16-28)14-18-35(47-63-34-22-29-21-33(45(29,7)8)46(34,9)64-47)50-42(60)32-11-10-20-53(32)44(62)39(26(5)6)52-43(61)38(25(3)4)51-41(59)31(17-19-36(54)55)49-40(58)30(48)23-37(56)57/h12-13,15-16,24-26,29-35,38-39H,10-11,14,17-23,48H2,1-9H3,(H,49,58)(H,50,60)(H,51,59)(H,52,61)(H,54,55)(H,56,57)/t29-,30-,31-,32-,33+,34+,35-,38-,39-,46-/m0/s1. The van der Waals surface area contributed by atoms with Gasteiger partial charge in [-0.1, -0.05) is 79.7 Å². The van der Waals surface area contributed by atoms with Gasteiger partial charge in [0.1, 0.15) is 24.2 Å². The Morgan fingerprint density at radius 1 is 0.828 bits per heavy atom. The molecule has 0 unspecified atom stereocenters. The smallest absolute Gasteiger partial charge is 0.481 e. The molecule has 2 heterocycles. The van der Waals surface area contributed by atoms with Crippen LogP contribution in [0.5, 0.6) is 0 Å². The number of nitrogens with zero attached hydrogens (tertiary/aromatic N) is 1. The summed E-state index contributed by atoms with van der Waals surface area (Å²) in [6.45, 7) is 18.2. The molecule has 0 aromatic heterocycles. The van der Waals surface area contributed by atoms with Gasteiger partial charge >= 0.3 is 19.1 Å². The summed E-state index contributed by atoms with van der Waals surface area (Å²) >= 11 is 0. The maximum absolute atomic E-state index is 14.5. The number of aryl methyl sites for hydroxylation is 1. The van der Waals surface area contributed by atoms with E-state index in [1.54, 1.807) is 27.7 Å². The van der Waals surface area contributed by atoms with Crippen molar-refractivity contribution in [1.29, 1.82) is 0 Å². The van der Waals surface area contributed by atoms with Crippen molar-refractivity contribution < 1.29 is 53.1 Å². The van der Waals surface area contributed by atoms with Crippen molar-refractivity contribution in [3.8, 4) is 0 Å². The lowest BCUT2D eigenvalue weighted by atomic mass is 9.43. The highest BCUT2D eigenvalue weighted by atomic mass is 16.7. The van der Waals surface area contributed by atoms with E-state index in [2.05, 4.69) is 80.2 Å². The van der Waals surface area contributed by atoms with Crippen LogP contribution in [0, 0.1) is 29.1 Å². The quantitative estimate of drug-likeness (QED) is 0.0880. The van der Waals surface area contributed by atoms with E-state index in [1.807, 2.05) is 0 Å². The van der Waals surface area contributed by atoms with E-state index in [0.29, 0.717) is 43.4 Å². The van der Waals surface area contributed by atoms with Gasteiger partial charge in [0.05, 0.1) is 30.1 Å². The van der Waals surface area contributed by atoms with Crippen LogP contribution in [0.25, 0.3) is 0 Å². The van der Waals surface area contributed by atoms with E-state index in [1.165, 1.54) is 10.5 Å². The van der Waals surface area contributed by atoms with E-state index in [9.17, 15) is 38.7 Å². The number of aliphatic carboxylic acids is 2. The number of likely N-dealkylation sites (tertiary alicyclic amines) is 1. The summed E-state index contributed by atoms with van der Waals surface area (Å²) in [5, 5.41) is 29.3. The number of carbonyl (C=O) groups is 7. The molecule has 6 rings (SSSR count). The molecule has 17 nitrogen and oxygen atoms in total. The molecule has 1 aromatic carbocycles. The molecule has 354 valence electrons. The first kappa shape index (κ1) is 50.5. The van der Waals surface area contributed by atoms with Gasteiger partial charge in [-0.2, -0.15) is 0 Å². The minimum Gasteiger partial charge on any atom is -0.481 e. The Hall–Kier alpha value is -4.55. The third-order valence-electron chi connectivity index (χ3n) is 14.3. The van der Waals surface area contributed by atoms with Crippen molar-refractivity contribution in [2.24, 2.45) is 34.8 Å². The number of nitrogens with two attached hydrogens (primary N) is 1. The first-order valence-electron chi connectivity index (χ1n) is 23.1. The maximum Gasteiger partial charge on any atom is 0.481 e. The number of amides is 5. The van der Waals surface area contributed by atoms with Crippen LogP contribution < -0.4 is 27.0 Å². The van der Waals surface area contributed by atoms with E-state index < -0.39 is 109 Å². The molecule has 64 heavy (non-hydrogen) atoms. The zero-order valence-electron chi connectivity index (χ0n) is 39.0. The fourth-order valence-corrected chi connectivity index (χ4v) is 10.1. The van der Waals surface area contributed by atoms with Crippen LogP contribution in [0.3, 0.4) is 0 Å². The lowest BCUT2D eigenvalue weighted by Crippen LogP contribution is -2.65. The molecule has 8 N–H and O–H groups in total. The number of hydrogen-bond acceptors (Lipinski definition) is 10. The first-order valence-corrected chi connectivity index (χ1v) is 23.1. The predicted octanol–water partition coefficient (Wildman–Crippen LogP) is 2.92. The van der Waals surface area contributed by atoms with Crippen molar-refractivity contribution in [3.05, 3.63) is 35.4 Å². The van der Waals surface area contributed by atoms with Crippen molar-refractivity contribution in [3.63, 3.8) is 0 Å². The van der Waals surface area contributed by atoms with E-state index in [4.69, 9.17) is 20.1 Å². The second-order valence-corrected chi connectivity index (χ2v) is 20.2. The van der Waals surface area contributed by atoms with Gasteiger partial charge in [0.2, 0.25) is 29.5 Å². The fourth-order valence-electron chi connectivity index (χ4n) is 10.1. The number of carbonyl (C=O) groups excluding carboxylic acids is 5. The largest absolute Gasteiger partial charge is 0.481 e. The predicted molar refractivity (Wildman–Crippen MR) is 238 cm³/mol. The van der Waals surface area contributed by atoms with E-state index >= 15 is 0 Å². The molecule has 5 amide bonds. The molecule has 5 aliphatic rings. The van der Waals surface area contributed by atoms with E-state index in [0.717, 1.165) is 18.4 Å². The van der Waals surface area contributed by atoms with Gasteiger partial charge < -0.3 is 51.4 Å². The number of hydrogen-bond donors (Lipinski definition) is 7. The topological polar surface area (TPSA) is 256 Å². The summed E-state index contributed by atoms with van der Waals surface area (Å²) in [5.41, 5.74) is 7.69. The number of carboxylic acid groups (broad SMARTS) is 2. The highest BCUT2D eigenvalue weighted by molar-refractivity contribution is 6.48. The second kappa shape index (κ2) is 20.7. The zero-order chi connectivity index (χ0) is 47.4. The Balaban J connectivity index is 1.29. The summed E-state index contributed by atoms with van der Waals surface area (Å²) < 4.78 is 13.6. The normalized spacial score (nSPS) is 25.7. The third kappa shape index (κ3) is 11.5. The molecule has 0 radical (unpaired) electrons. The molecular formula is C46H71BN6O11. The Morgan fingerprint density at radius 3 is 2.05 bits per heavy atom. The van der Waals surface area contributed by atoms with Crippen LogP contribution in [0.15, 0.2) is 24.3 Å². The van der Waals surface area contributed by atoms with Gasteiger partial charge in [-0.25, -0.2) is 0 Å². The van der Waals surface area contributed by atoms with Crippen LogP contribution >= 0.6 is 0 Å². The van der Waals surface area contributed by atoms with Crippen LogP contribution in [-0.2, 0) is 49.3 Å². The van der Waals surface area contributed by atoms with Gasteiger partial charge in [0.25, 0.3) is 0 Å². The molecule has 5 fully saturated rings. The monoisotopic (exact) mass is 895 g/mol. The van der Waals surface area contributed by atoms with Gasteiger partial charge in [-0.05, 0) is 98.0 Å². The molecule has 0 spiro atoms. The molecule has 10 atom stereocenters. The summed E-state index contributed by atoms with van der Waals surface area (Å²) in [6.07, 6.45) is 2.47. The Morgan fingerprint density at radius 2 is 1.47 bits per heavy atom. The average molecular weight is 895 g/mol. The summed E-state index contributed by atoms with van der Waals surface area (Å²) in [6, 6.07) is 2.40. The lowest BCUT2D eigenvalue weighted by Gasteiger charge is -2.64. The maximum atomic E-state index is 14.5. The minimum atomic E-state index is -1.51. The molecule has 3 saturated carbocycles. The molecule has 1 aromatic rings. The van der Waals surface area contributed by atoms with Crippen LogP contribution in [-0.4, -0.2) is 118 Å². The van der Waals surface area contributed by atoms with Gasteiger partial charge in [0, 0.05) is 13.0 Å². The SMILES string of the molecule is CC(C)c1ccc(CC[C@H](NC(=O)[C@@H]2CCCN2C(=O)[C@@H](NC(=O)[C@@H](NC(=O)[C@H](CCC(=O)O)NC(=O)[C@@H](N)CC(=O)O)C(C)C)C(C)C)B2O[C@@H]3C[C@@H]4C[C@H](C4(C)C)[C@]3(C)O2)cc1. The average Bonchev–Trinajstić information content (AvgIpc) is 3.86. The minimum absolute atomic E-state index is 0.0880. The first-order chi connectivity index (χ1) is 29.9. The molecule has 2 aliphatic heterocycles. The Labute approximate surface area is 377 Å². The molecule has 2 saturated heterocycles. The van der Waals surface area contributed by atoms with Crippen LogP contribution in [0.1, 0.15) is 131 Å². The van der Waals surface area contributed by atoms with Gasteiger partial charge in [-0.15, -0.1) is 0 Å². The second-order valence-electron chi connectivity index (χ2n) is 20.2. The summed E-state index contributed by atoms with van der Waals surface area (Å²) in [4.78, 5) is 93.0. The molecular weight excluding hydrogens is 823 g/mol. The molecule has 2 bridgehead atoms. The Kier molecular flexibility index (Phi) is 16.4. The summed E-state index contributed by atoms with van der Waals surface area (Å²) in [5.74, 6) is -6.14. The summed E-state index contributed by atoms with van der Waals surface area (Å²) in [7, 11) is -0.681. The lowest BCUT2D eigenvalue weighted by molar-refractivity contribution is -0.199. The van der Waals surface area contributed by atoms with Crippen molar-refractivity contribution >= 4 is 48.6 Å². The van der Waals surface area contributed by atoms with Crippen molar-refractivity contribution in [2.75, 3.05) is 6.54 Å². The van der Waals surface area contributed by atoms with Crippen molar-refractivity contribution in [1.82, 2.24) is 26.2 Å². The molecule has 18 heteroatoms. The Bertz CT molecular complexity index is 1890. The number of benzene rings is 1. The third-order valence-corrected chi connectivity index (χ3v) is 14.3. The zero-order valence-corrected chi connectivity index (χ0v) is 39.0. The van der Waals surface area contributed by atoms with Gasteiger partial charge in [0.15, 0.2) is 0 Å². The van der Waals surface area contributed by atoms with Crippen LogP contribution in [0.4, 0.5) is 0 Å². The van der Waals surface area contributed by atoms with E-state index in [-0.39, 0.29) is 30.4 Å². The highest BCUT2D eigenvalue weighted by Gasteiger charge is 2.68. The number of rotatable bonds is 21. The highest BCUT2D eigenvalue weighted by Crippen LogP contribution is 2.65. The fraction of sp³-hybridized carbons (Fsp3) is 0.717. The van der Waals surface area contributed by atoms with Crippen molar-refractivity contribution in [2.45, 2.75) is 174 Å².